The second kappa shape index (κ2) is 7.27. The zero-order chi connectivity index (χ0) is 12.7. The second-order valence-electron chi connectivity index (χ2n) is 3.29. The number of rotatable bonds is 6. The fraction of sp³-hybridized carbons (Fsp3) is 0.417. The highest BCUT2D eigenvalue weighted by Crippen LogP contribution is 2.15. The molecule has 0 saturated carbocycles. The Hall–Kier alpha value is -1.10. The van der Waals surface area contributed by atoms with Crippen molar-refractivity contribution < 1.29 is 18.7 Å². The van der Waals surface area contributed by atoms with Crippen molar-refractivity contribution in [1.82, 2.24) is 0 Å². The van der Waals surface area contributed by atoms with E-state index in [9.17, 15) is 9.18 Å². The Kier molecular flexibility index (Phi) is 5.97. The standard InChI is InChI=1S/C12H14BrFO3/c1-2-16-12(15)11(7-8-13)17-10-5-3-9(14)4-6-10/h3-6,11H,2,7-8H2,1H3. The van der Waals surface area contributed by atoms with Crippen molar-refractivity contribution in [2.45, 2.75) is 19.4 Å². The first-order chi connectivity index (χ1) is 8.17. The molecule has 94 valence electrons. The summed E-state index contributed by atoms with van der Waals surface area (Å²) >= 11 is 3.25. The molecule has 1 atom stereocenters. The molecule has 0 heterocycles. The number of hydrogen-bond acceptors (Lipinski definition) is 3. The van der Waals surface area contributed by atoms with Crippen LogP contribution in [0.5, 0.6) is 5.75 Å². The minimum Gasteiger partial charge on any atom is -0.479 e. The maximum atomic E-state index is 12.7. The molecule has 1 unspecified atom stereocenters. The van der Waals surface area contributed by atoms with Crippen molar-refractivity contribution >= 4 is 21.9 Å². The van der Waals surface area contributed by atoms with Crippen LogP contribution in [0.15, 0.2) is 24.3 Å². The van der Waals surface area contributed by atoms with E-state index < -0.39 is 12.1 Å². The molecular weight excluding hydrogens is 291 g/mol. The van der Waals surface area contributed by atoms with Gasteiger partial charge in [-0.2, -0.15) is 0 Å². The number of benzene rings is 1. The maximum Gasteiger partial charge on any atom is 0.347 e. The van der Waals surface area contributed by atoms with Crippen molar-refractivity contribution in [3.63, 3.8) is 0 Å². The molecule has 5 heteroatoms. The fourth-order valence-corrected chi connectivity index (χ4v) is 1.65. The minimum atomic E-state index is -0.667. The van der Waals surface area contributed by atoms with Gasteiger partial charge in [0.1, 0.15) is 11.6 Å². The molecule has 0 amide bonds. The number of esters is 1. The van der Waals surface area contributed by atoms with Crippen LogP contribution in [0.1, 0.15) is 13.3 Å². The molecule has 0 aliphatic heterocycles. The van der Waals surface area contributed by atoms with Gasteiger partial charge in [-0.1, -0.05) is 15.9 Å². The molecule has 0 spiro atoms. The third-order valence-electron chi connectivity index (χ3n) is 2.01. The summed E-state index contributed by atoms with van der Waals surface area (Å²) in [5.74, 6) is -0.299. The first kappa shape index (κ1) is 14.0. The van der Waals surface area contributed by atoms with Crippen LogP contribution in [0.25, 0.3) is 0 Å². The third-order valence-corrected chi connectivity index (χ3v) is 2.47. The summed E-state index contributed by atoms with van der Waals surface area (Å²) in [7, 11) is 0. The highest BCUT2D eigenvalue weighted by Gasteiger charge is 2.20. The van der Waals surface area contributed by atoms with Gasteiger partial charge < -0.3 is 9.47 Å². The van der Waals surface area contributed by atoms with Crippen LogP contribution >= 0.6 is 15.9 Å². The molecule has 17 heavy (non-hydrogen) atoms. The summed E-state index contributed by atoms with van der Waals surface area (Å²) in [6, 6.07) is 5.53. The van der Waals surface area contributed by atoms with Crippen LogP contribution in [0.2, 0.25) is 0 Å². The lowest BCUT2D eigenvalue weighted by Gasteiger charge is -2.16. The Morgan fingerprint density at radius 3 is 2.59 bits per heavy atom. The van der Waals surface area contributed by atoms with Gasteiger partial charge in [0.25, 0.3) is 0 Å². The molecule has 0 saturated heterocycles. The zero-order valence-corrected chi connectivity index (χ0v) is 11.1. The van der Waals surface area contributed by atoms with E-state index in [0.717, 1.165) is 0 Å². The van der Waals surface area contributed by atoms with Crippen molar-refractivity contribution in [1.29, 1.82) is 0 Å². The second-order valence-corrected chi connectivity index (χ2v) is 4.08. The van der Waals surface area contributed by atoms with E-state index >= 15 is 0 Å². The smallest absolute Gasteiger partial charge is 0.347 e. The summed E-state index contributed by atoms with van der Waals surface area (Å²) in [6.45, 7) is 2.05. The van der Waals surface area contributed by atoms with Gasteiger partial charge in [-0.3, -0.25) is 0 Å². The minimum absolute atomic E-state index is 0.310. The fourth-order valence-electron chi connectivity index (χ4n) is 1.24. The van der Waals surface area contributed by atoms with Gasteiger partial charge >= 0.3 is 5.97 Å². The van der Waals surface area contributed by atoms with Gasteiger partial charge in [0.2, 0.25) is 0 Å². The van der Waals surface area contributed by atoms with Gasteiger partial charge in [-0.15, -0.1) is 0 Å². The molecule has 0 aromatic heterocycles. The zero-order valence-electron chi connectivity index (χ0n) is 9.49. The predicted octanol–water partition coefficient (Wildman–Crippen LogP) is 2.92. The maximum absolute atomic E-state index is 12.7. The average molecular weight is 305 g/mol. The summed E-state index contributed by atoms with van der Waals surface area (Å²) in [4.78, 5) is 11.6. The summed E-state index contributed by atoms with van der Waals surface area (Å²) in [5, 5.41) is 0.623. The Bertz CT molecular complexity index is 353. The van der Waals surface area contributed by atoms with Crippen molar-refractivity contribution in [3.8, 4) is 5.75 Å². The summed E-state index contributed by atoms with van der Waals surface area (Å²) in [5.41, 5.74) is 0. The lowest BCUT2D eigenvalue weighted by atomic mass is 10.2. The molecule has 0 aliphatic rings. The summed E-state index contributed by atoms with van der Waals surface area (Å²) < 4.78 is 23.0. The Morgan fingerprint density at radius 2 is 2.06 bits per heavy atom. The van der Waals surface area contributed by atoms with E-state index in [2.05, 4.69) is 15.9 Å². The molecule has 0 aliphatic carbocycles. The van der Waals surface area contributed by atoms with Crippen LogP contribution in [0, 0.1) is 5.82 Å². The largest absolute Gasteiger partial charge is 0.479 e. The Balaban J connectivity index is 2.65. The highest BCUT2D eigenvalue weighted by atomic mass is 79.9. The topological polar surface area (TPSA) is 35.5 Å². The van der Waals surface area contributed by atoms with E-state index in [1.165, 1.54) is 24.3 Å². The van der Waals surface area contributed by atoms with Crippen LogP contribution in [0.4, 0.5) is 4.39 Å². The summed E-state index contributed by atoms with van der Waals surface area (Å²) in [6.07, 6.45) is -0.171. The van der Waals surface area contributed by atoms with E-state index in [4.69, 9.17) is 9.47 Å². The Labute approximate surface area is 108 Å². The van der Waals surface area contributed by atoms with Gasteiger partial charge in [-0.05, 0) is 31.2 Å². The predicted molar refractivity (Wildman–Crippen MR) is 65.9 cm³/mol. The molecule has 1 rings (SSSR count). The van der Waals surface area contributed by atoms with Crippen LogP contribution in [-0.2, 0) is 9.53 Å². The monoisotopic (exact) mass is 304 g/mol. The first-order valence-corrected chi connectivity index (χ1v) is 6.44. The van der Waals surface area contributed by atoms with Gasteiger partial charge in [0, 0.05) is 11.8 Å². The number of carbonyl (C=O) groups is 1. The molecule has 0 N–H and O–H groups in total. The third kappa shape index (κ3) is 4.73. The normalized spacial score (nSPS) is 11.9. The first-order valence-electron chi connectivity index (χ1n) is 5.32. The van der Waals surface area contributed by atoms with Crippen LogP contribution in [0.3, 0.4) is 0 Å². The SMILES string of the molecule is CCOC(=O)C(CCBr)Oc1ccc(F)cc1. The number of halogens is 2. The molecule has 0 bridgehead atoms. The quantitative estimate of drug-likeness (QED) is 0.599. The molecule has 1 aromatic rings. The Morgan fingerprint density at radius 1 is 1.41 bits per heavy atom. The van der Waals surface area contributed by atoms with Gasteiger partial charge in [0.15, 0.2) is 6.10 Å². The van der Waals surface area contributed by atoms with E-state index in [1.54, 1.807) is 6.92 Å². The van der Waals surface area contributed by atoms with Crippen molar-refractivity contribution in [2.75, 3.05) is 11.9 Å². The lowest BCUT2D eigenvalue weighted by molar-refractivity contribution is -0.151. The van der Waals surface area contributed by atoms with E-state index in [1.807, 2.05) is 0 Å². The van der Waals surface area contributed by atoms with Crippen molar-refractivity contribution in [2.24, 2.45) is 0 Å². The molecule has 1 aromatic carbocycles. The number of carbonyl (C=O) groups excluding carboxylic acids is 1. The van der Waals surface area contributed by atoms with Crippen LogP contribution in [-0.4, -0.2) is 24.0 Å². The highest BCUT2D eigenvalue weighted by molar-refractivity contribution is 9.09. The number of alkyl halides is 1. The van der Waals surface area contributed by atoms with Gasteiger partial charge in [0.05, 0.1) is 6.61 Å². The van der Waals surface area contributed by atoms with Gasteiger partial charge in [-0.25, -0.2) is 9.18 Å². The van der Waals surface area contributed by atoms with Crippen LogP contribution < -0.4 is 4.74 Å². The lowest BCUT2D eigenvalue weighted by Crippen LogP contribution is -2.29. The number of hydrogen-bond donors (Lipinski definition) is 0. The molecule has 0 fully saturated rings. The molecule has 3 nitrogen and oxygen atoms in total. The number of ether oxygens (including phenoxy) is 2. The average Bonchev–Trinajstić information content (AvgIpc) is 2.31. The van der Waals surface area contributed by atoms with Crippen molar-refractivity contribution in [3.05, 3.63) is 30.1 Å². The van der Waals surface area contributed by atoms with E-state index in [0.29, 0.717) is 24.1 Å². The van der Waals surface area contributed by atoms with E-state index in [-0.39, 0.29) is 5.82 Å². The molecule has 0 radical (unpaired) electrons. The molecular formula is C12H14BrFO3.